The largest absolute Gasteiger partial charge is 0.434 e. The van der Waals surface area contributed by atoms with Crippen LogP contribution in [-0.4, -0.2) is 28.5 Å². The number of aromatic nitrogens is 2. The summed E-state index contributed by atoms with van der Waals surface area (Å²) in [6.45, 7) is 6.41. The molecule has 0 unspecified atom stereocenters. The van der Waals surface area contributed by atoms with Crippen molar-refractivity contribution in [1.29, 1.82) is 0 Å². The Hall–Kier alpha value is -2.41. The molecule has 8 heteroatoms. The lowest BCUT2D eigenvalue weighted by atomic mass is 10.1. The third kappa shape index (κ3) is 4.36. The average Bonchev–Trinajstić information content (AvgIpc) is 2.57. The van der Waals surface area contributed by atoms with Gasteiger partial charge in [0.05, 0.1) is 4.92 Å². The van der Waals surface area contributed by atoms with Gasteiger partial charge in [-0.05, 0) is 43.5 Å². The molecule has 0 amide bonds. The molecule has 2 rings (SSSR count). The quantitative estimate of drug-likeness (QED) is 0.524. The highest BCUT2D eigenvalue weighted by molar-refractivity contribution is 6.32. The molecule has 0 radical (unpaired) electrons. The summed E-state index contributed by atoms with van der Waals surface area (Å²) in [6, 6.07) is 3.45. The Kier molecular flexibility index (Phi) is 6.14. The van der Waals surface area contributed by atoms with Crippen LogP contribution in [0, 0.1) is 24.0 Å². The Morgan fingerprint density at radius 1 is 1.28 bits per heavy atom. The van der Waals surface area contributed by atoms with Crippen LogP contribution in [0.5, 0.6) is 11.6 Å². The van der Waals surface area contributed by atoms with E-state index < -0.39 is 4.92 Å². The molecule has 0 atom stereocenters. The minimum atomic E-state index is -0.511. The molecule has 1 aromatic heterocycles. The van der Waals surface area contributed by atoms with Crippen LogP contribution >= 0.6 is 11.6 Å². The number of benzene rings is 1. The molecular weight excluding hydrogens is 344 g/mol. The molecule has 0 N–H and O–H groups in total. The summed E-state index contributed by atoms with van der Waals surface area (Å²) in [5.41, 5.74) is 1.41. The van der Waals surface area contributed by atoms with Gasteiger partial charge in [0.2, 0.25) is 5.82 Å². The van der Waals surface area contributed by atoms with E-state index in [9.17, 15) is 10.1 Å². The number of halogens is 1. The van der Waals surface area contributed by atoms with Crippen LogP contribution in [0.3, 0.4) is 0 Å². The molecule has 0 spiro atoms. The van der Waals surface area contributed by atoms with E-state index in [1.54, 1.807) is 24.1 Å². The topological polar surface area (TPSA) is 81.4 Å². The summed E-state index contributed by atoms with van der Waals surface area (Å²) in [6.07, 6.45) is 3.16. The highest BCUT2D eigenvalue weighted by Crippen LogP contribution is 2.37. The normalized spacial score (nSPS) is 10.6. The summed E-state index contributed by atoms with van der Waals surface area (Å²) >= 11 is 6.15. The van der Waals surface area contributed by atoms with Gasteiger partial charge in [-0.3, -0.25) is 10.1 Å². The molecular formula is C17H21ClN4O3. The lowest BCUT2D eigenvalue weighted by molar-refractivity contribution is -0.385. The van der Waals surface area contributed by atoms with Gasteiger partial charge in [0.25, 0.3) is 0 Å². The highest BCUT2D eigenvalue weighted by Gasteiger charge is 2.27. The fraction of sp³-hybridized carbons (Fsp3) is 0.412. The van der Waals surface area contributed by atoms with E-state index in [0.29, 0.717) is 17.3 Å². The second-order valence-corrected chi connectivity index (χ2v) is 6.23. The van der Waals surface area contributed by atoms with Crippen LogP contribution in [0.15, 0.2) is 18.5 Å². The SMILES string of the molecule is CCCCN(C)c1ncnc(Oc2cc(C)c(Cl)c(C)c2)c1[N+](=O)[O-]. The lowest BCUT2D eigenvalue weighted by Crippen LogP contribution is -2.21. The van der Waals surface area contributed by atoms with Crippen molar-refractivity contribution in [1.82, 2.24) is 9.97 Å². The van der Waals surface area contributed by atoms with Gasteiger partial charge in [0, 0.05) is 18.6 Å². The zero-order chi connectivity index (χ0) is 18.6. The second kappa shape index (κ2) is 8.11. The van der Waals surface area contributed by atoms with Gasteiger partial charge in [-0.1, -0.05) is 24.9 Å². The minimum Gasteiger partial charge on any atom is -0.434 e. The Bertz CT molecular complexity index is 759. The second-order valence-electron chi connectivity index (χ2n) is 5.86. The minimum absolute atomic E-state index is 0.0838. The smallest absolute Gasteiger partial charge is 0.373 e. The standard InChI is InChI=1S/C17H21ClN4O3/c1-5-6-7-21(4)16-15(22(23)24)17(20-10-19-16)25-13-8-11(2)14(18)12(3)9-13/h8-10H,5-7H2,1-4H3. The van der Waals surface area contributed by atoms with Crippen molar-refractivity contribution in [2.24, 2.45) is 0 Å². The van der Waals surface area contributed by atoms with Gasteiger partial charge >= 0.3 is 11.6 Å². The van der Waals surface area contributed by atoms with Gasteiger partial charge in [-0.25, -0.2) is 4.98 Å². The lowest BCUT2D eigenvalue weighted by Gasteiger charge is -2.18. The predicted octanol–water partition coefficient (Wildman–Crippen LogP) is 4.68. The molecule has 0 aliphatic heterocycles. The third-order valence-electron chi connectivity index (χ3n) is 3.79. The molecule has 0 aliphatic rings. The maximum absolute atomic E-state index is 11.6. The summed E-state index contributed by atoms with van der Waals surface area (Å²) in [5, 5.41) is 12.2. The number of hydrogen-bond acceptors (Lipinski definition) is 6. The van der Waals surface area contributed by atoms with Crippen molar-refractivity contribution in [3.63, 3.8) is 0 Å². The molecule has 1 aromatic carbocycles. The van der Waals surface area contributed by atoms with E-state index in [1.807, 2.05) is 13.8 Å². The molecule has 7 nitrogen and oxygen atoms in total. The van der Waals surface area contributed by atoms with E-state index in [-0.39, 0.29) is 17.4 Å². The number of ether oxygens (including phenoxy) is 1. The maximum atomic E-state index is 11.6. The summed E-state index contributed by atoms with van der Waals surface area (Å²) in [7, 11) is 1.77. The van der Waals surface area contributed by atoms with Gasteiger partial charge in [0.15, 0.2) is 0 Å². The van der Waals surface area contributed by atoms with Gasteiger partial charge < -0.3 is 9.64 Å². The van der Waals surface area contributed by atoms with Crippen molar-refractivity contribution in [2.75, 3.05) is 18.5 Å². The third-order valence-corrected chi connectivity index (χ3v) is 4.38. The zero-order valence-corrected chi connectivity index (χ0v) is 15.5. The van der Waals surface area contributed by atoms with Crippen LogP contribution in [0.25, 0.3) is 0 Å². The number of nitrogens with zero attached hydrogens (tertiary/aromatic N) is 4. The molecule has 0 saturated heterocycles. The molecule has 2 aromatic rings. The Labute approximate surface area is 151 Å². The molecule has 0 fully saturated rings. The van der Waals surface area contributed by atoms with Crippen molar-refractivity contribution in [3.05, 3.63) is 44.7 Å². The van der Waals surface area contributed by atoms with E-state index in [0.717, 1.165) is 24.0 Å². The van der Waals surface area contributed by atoms with Crippen LogP contribution in [0.4, 0.5) is 11.5 Å². The van der Waals surface area contributed by atoms with Crippen molar-refractivity contribution < 1.29 is 9.66 Å². The number of rotatable bonds is 7. The highest BCUT2D eigenvalue weighted by atomic mass is 35.5. The van der Waals surface area contributed by atoms with E-state index in [1.165, 1.54) is 6.33 Å². The molecule has 0 aliphatic carbocycles. The van der Waals surface area contributed by atoms with Crippen molar-refractivity contribution in [3.8, 4) is 11.6 Å². The molecule has 0 bridgehead atoms. The first-order valence-corrected chi connectivity index (χ1v) is 8.38. The van der Waals surface area contributed by atoms with E-state index >= 15 is 0 Å². The summed E-state index contributed by atoms with van der Waals surface area (Å²) in [4.78, 5) is 20.9. The maximum Gasteiger partial charge on any atom is 0.373 e. The van der Waals surface area contributed by atoms with Gasteiger partial charge in [-0.2, -0.15) is 4.98 Å². The molecule has 134 valence electrons. The Balaban J connectivity index is 2.42. The first-order chi connectivity index (χ1) is 11.8. The predicted molar refractivity (Wildman–Crippen MR) is 97.9 cm³/mol. The summed E-state index contributed by atoms with van der Waals surface area (Å²) in [5.74, 6) is 0.605. The monoisotopic (exact) mass is 364 g/mol. The fourth-order valence-electron chi connectivity index (χ4n) is 2.45. The first-order valence-electron chi connectivity index (χ1n) is 8.00. The fourth-order valence-corrected chi connectivity index (χ4v) is 2.55. The van der Waals surface area contributed by atoms with Crippen molar-refractivity contribution in [2.45, 2.75) is 33.6 Å². The van der Waals surface area contributed by atoms with Gasteiger partial charge in [-0.15, -0.1) is 0 Å². The van der Waals surface area contributed by atoms with Gasteiger partial charge in [0.1, 0.15) is 12.1 Å². The molecule has 1 heterocycles. The van der Waals surface area contributed by atoms with E-state index in [4.69, 9.17) is 16.3 Å². The van der Waals surface area contributed by atoms with Crippen LogP contribution < -0.4 is 9.64 Å². The first kappa shape index (κ1) is 18.9. The van der Waals surface area contributed by atoms with Crippen LogP contribution in [-0.2, 0) is 0 Å². The number of hydrogen-bond donors (Lipinski definition) is 0. The number of unbranched alkanes of at least 4 members (excludes halogenated alkanes) is 1. The van der Waals surface area contributed by atoms with Crippen LogP contribution in [0.2, 0.25) is 5.02 Å². The summed E-state index contributed by atoms with van der Waals surface area (Å²) < 4.78 is 5.70. The Morgan fingerprint density at radius 2 is 1.92 bits per heavy atom. The Morgan fingerprint density at radius 3 is 2.48 bits per heavy atom. The average molecular weight is 365 g/mol. The zero-order valence-electron chi connectivity index (χ0n) is 14.7. The molecule has 25 heavy (non-hydrogen) atoms. The number of nitro groups is 1. The number of aryl methyl sites for hydroxylation is 2. The van der Waals surface area contributed by atoms with Crippen molar-refractivity contribution >= 4 is 23.1 Å². The molecule has 0 saturated carbocycles. The number of anilines is 1. The van der Waals surface area contributed by atoms with Crippen LogP contribution in [0.1, 0.15) is 30.9 Å². The van der Waals surface area contributed by atoms with E-state index in [2.05, 4.69) is 16.9 Å².